The highest BCUT2D eigenvalue weighted by Gasteiger charge is 2.32. The molecule has 2 saturated heterocycles. The van der Waals surface area contributed by atoms with E-state index in [1.807, 2.05) is 19.1 Å². The third-order valence-corrected chi connectivity index (χ3v) is 8.17. The summed E-state index contributed by atoms with van der Waals surface area (Å²) in [5.74, 6) is 0.346. The summed E-state index contributed by atoms with van der Waals surface area (Å²) >= 11 is 0. The van der Waals surface area contributed by atoms with Crippen molar-refractivity contribution in [2.45, 2.75) is 44.6 Å². The highest BCUT2D eigenvalue weighted by molar-refractivity contribution is 7.89. The predicted molar refractivity (Wildman–Crippen MR) is 117 cm³/mol. The Hall–Kier alpha value is -1.48. The molecule has 30 heavy (non-hydrogen) atoms. The Morgan fingerprint density at radius 3 is 2.27 bits per heavy atom. The van der Waals surface area contributed by atoms with Crippen LogP contribution in [-0.2, 0) is 19.6 Å². The average molecular weight is 438 g/mol. The van der Waals surface area contributed by atoms with Crippen LogP contribution < -0.4 is 5.32 Å². The molecule has 0 spiro atoms. The fourth-order valence-electron chi connectivity index (χ4n) is 4.26. The number of nitrogens with one attached hydrogen (secondary N) is 1. The van der Waals surface area contributed by atoms with Crippen LogP contribution in [-0.4, -0.2) is 75.5 Å². The number of nitrogens with zero attached hydrogens (tertiary/aromatic N) is 2. The molecule has 1 atom stereocenters. The van der Waals surface area contributed by atoms with E-state index >= 15 is 0 Å². The molecule has 7 nitrogen and oxygen atoms in total. The zero-order chi connectivity index (χ0) is 21.7. The van der Waals surface area contributed by atoms with Crippen LogP contribution in [0.4, 0.5) is 0 Å². The number of hydrogen-bond donors (Lipinski definition) is 1. The number of sulfonamides is 1. The van der Waals surface area contributed by atoms with Crippen molar-refractivity contribution in [3.8, 4) is 0 Å². The fourth-order valence-corrected chi connectivity index (χ4v) is 5.73. The molecule has 168 valence electrons. The van der Waals surface area contributed by atoms with Gasteiger partial charge >= 0.3 is 0 Å². The van der Waals surface area contributed by atoms with Gasteiger partial charge in [0, 0.05) is 44.7 Å². The molecule has 0 aromatic heterocycles. The molecule has 2 aliphatic heterocycles. The number of carbonyl (C=O) groups is 1. The summed E-state index contributed by atoms with van der Waals surface area (Å²) < 4.78 is 32.6. The largest absolute Gasteiger partial charge is 0.379 e. The minimum Gasteiger partial charge on any atom is -0.379 e. The second-order valence-electron chi connectivity index (χ2n) is 8.70. The van der Waals surface area contributed by atoms with Crippen LogP contribution >= 0.6 is 0 Å². The maximum Gasteiger partial charge on any atom is 0.243 e. The topological polar surface area (TPSA) is 79.0 Å². The second-order valence-corrected chi connectivity index (χ2v) is 10.6. The second kappa shape index (κ2) is 10.2. The Balaban J connectivity index is 1.51. The van der Waals surface area contributed by atoms with Crippen LogP contribution in [0.1, 0.15) is 32.3 Å². The molecule has 2 heterocycles. The quantitative estimate of drug-likeness (QED) is 0.705. The molecule has 1 unspecified atom stereocenters. The van der Waals surface area contributed by atoms with Gasteiger partial charge in [0.05, 0.1) is 18.1 Å². The molecule has 0 radical (unpaired) electrons. The van der Waals surface area contributed by atoms with Crippen LogP contribution in [0.25, 0.3) is 0 Å². The Bertz CT molecular complexity index is 796. The molecular weight excluding hydrogens is 402 g/mol. The van der Waals surface area contributed by atoms with E-state index in [0.29, 0.717) is 49.3 Å². The zero-order valence-corrected chi connectivity index (χ0v) is 19.2. The van der Waals surface area contributed by atoms with Crippen molar-refractivity contribution >= 4 is 15.9 Å². The molecule has 1 amide bonds. The Morgan fingerprint density at radius 1 is 1.10 bits per heavy atom. The van der Waals surface area contributed by atoms with E-state index in [1.54, 1.807) is 12.1 Å². The van der Waals surface area contributed by atoms with Gasteiger partial charge in [0.15, 0.2) is 0 Å². The summed E-state index contributed by atoms with van der Waals surface area (Å²) in [5.41, 5.74) is 1.03. The van der Waals surface area contributed by atoms with Gasteiger partial charge in [0.1, 0.15) is 0 Å². The molecule has 1 N–H and O–H groups in total. The summed E-state index contributed by atoms with van der Waals surface area (Å²) in [6.07, 6.45) is 1.11. The summed E-state index contributed by atoms with van der Waals surface area (Å²) in [7, 11) is -3.50. The van der Waals surface area contributed by atoms with E-state index in [2.05, 4.69) is 24.1 Å². The van der Waals surface area contributed by atoms with Gasteiger partial charge in [0.2, 0.25) is 15.9 Å². The van der Waals surface area contributed by atoms with Crippen molar-refractivity contribution in [3.63, 3.8) is 0 Å². The van der Waals surface area contributed by atoms with Crippen molar-refractivity contribution in [2.75, 3.05) is 45.9 Å². The van der Waals surface area contributed by atoms with Gasteiger partial charge in [-0.05, 0) is 37.8 Å². The Labute approximate surface area is 180 Å². The fraction of sp³-hybridized carbons (Fsp3) is 0.682. The van der Waals surface area contributed by atoms with Gasteiger partial charge in [-0.2, -0.15) is 4.31 Å². The molecule has 0 bridgehead atoms. The van der Waals surface area contributed by atoms with Crippen molar-refractivity contribution < 1.29 is 17.9 Å². The minimum absolute atomic E-state index is 0.0429. The first-order valence-electron chi connectivity index (χ1n) is 11.0. The molecule has 8 heteroatoms. The zero-order valence-electron chi connectivity index (χ0n) is 18.3. The number of rotatable bonds is 7. The van der Waals surface area contributed by atoms with E-state index in [1.165, 1.54) is 4.31 Å². The number of morpholine rings is 1. The maximum absolute atomic E-state index is 12.8. The lowest BCUT2D eigenvalue weighted by Gasteiger charge is -2.37. The van der Waals surface area contributed by atoms with E-state index in [0.717, 1.165) is 31.9 Å². The van der Waals surface area contributed by atoms with Crippen LogP contribution in [0.15, 0.2) is 29.2 Å². The van der Waals surface area contributed by atoms with Gasteiger partial charge in [-0.15, -0.1) is 0 Å². The number of benzene rings is 1. The molecule has 0 saturated carbocycles. The summed E-state index contributed by atoms with van der Waals surface area (Å²) in [5, 5.41) is 3.13. The molecular formula is C22H35N3O4S. The summed E-state index contributed by atoms with van der Waals surface area (Å²) in [6.45, 7) is 11.0. The van der Waals surface area contributed by atoms with Gasteiger partial charge in [-0.25, -0.2) is 8.42 Å². The van der Waals surface area contributed by atoms with E-state index < -0.39 is 10.0 Å². The van der Waals surface area contributed by atoms with Crippen LogP contribution in [0, 0.1) is 18.8 Å². The lowest BCUT2D eigenvalue weighted by Crippen LogP contribution is -2.52. The third-order valence-electron chi connectivity index (χ3n) is 6.25. The van der Waals surface area contributed by atoms with Crippen LogP contribution in [0.5, 0.6) is 0 Å². The lowest BCUT2D eigenvalue weighted by molar-refractivity contribution is -0.126. The van der Waals surface area contributed by atoms with Crippen molar-refractivity contribution in [2.24, 2.45) is 11.8 Å². The van der Waals surface area contributed by atoms with Gasteiger partial charge in [-0.3, -0.25) is 9.69 Å². The van der Waals surface area contributed by atoms with Crippen molar-refractivity contribution in [1.82, 2.24) is 14.5 Å². The molecule has 1 aromatic rings. The lowest BCUT2D eigenvalue weighted by atomic mass is 9.96. The number of hydrogen-bond acceptors (Lipinski definition) is 5. The smallest absolute Gasteiger partial charge is 0.243 e. The monoisotopic (exact) mass is 437 g/mol. The van der Waals surface area contributed by atoms with Gasteiger partial charge < -0.3 is 10.1 Å². The highest BCUT2D eigenvalue weighted by atomic mass is 32.2. The van der Waals surface area contributed by atoms with E-state index in [9.17, 15) is 13.2 Å². The molecule has 3 rings (SSSR count). The highest BCUT2D eigenvalue weighted by Crippen LogP contribution is 2.24. The third kappa shape index (κ3) is 5.60. The van der Waals surface area contributed by atoms with Gasteiger partial charge in [-0.1, -0.05) is 31.5 Å². The summed E-state index contributed by atoms with van der Waals surface area (Å²) in [6, 6.07) is 7.22. The van der Waals surface area contributed by atoms with E-state index in [4.69, 9.17) is 4.74 Å². The normalized spacial score (nSPS) is 20.9. The van der Waals surface area contributed by atoms with E-state index in [-0.39, 0.29) is 11.8 Å². The number of piperidine rings is 1. The van der Waals surface area contributed by atoms with Crippen LogP contribution in [0.3, 0.4) is 0 Å². The first kappa shape index (κ1) is 23.2. The molecule has 2 fully saturated rings. The Kier molecular flexibility index (Phi) is 7.90. The molecule has 0 aliphatic carbocycles. The minimum atomic E-state index is -3.50. The number of ether oxygens (including phenoxy) is 1. The standard InChI is InChI=1S/C22H35N3O4S/c1-17(2)21(24-12-14-29-15-13-24)16-23-22(26)19-8-10-25(11-9-19)30(27,28)20-6-4-18(3)5-7-20/h4-7,17,19,21H,8-16H2,1-3H3,(H,23,26). The first-order valence-corrected chi connectivity index (χ1v) is 12.4. The van der Waals surface area contributed by atoms with Crippen LogP contribution in [0.2, 0.25) is 0 Å². The predicted octanol–water partition coefficient (Wildman–Crippen LogP) is 1.87. The number of carbonyl (C=O) groups excluding carboxylic acids is 1. The Morgan fingerprint density at radius 2 is 1.70 bits per heavy atom. The average Bonchev–Trinajstić information content (AvgIpc) is 2.74. The number of aryl methyl sites for hydroxylation is 1. The maximum atomic E-state index is 12.8. The van der Waals surface area contributed by atoms with Gasteiger partial charge in [0.25, 0.3) is 0 Å². The first-order chi connectivity index (χ1) is 14.3. The SMILES string of the molecule is Cc1ccc(S(=O)(=O)N2CCC(C(=O)NCC(C(C)C)N3CCOCC3)CC2)cc1. The van der Waals surface area contributed by atoms with Crippen molar-refractivity contribution in [1.29, 1.82) is 0 Å². The summed E-state index contributed by atoms with van der Waals surface area (Å²) in [4.78, 5) is 15.5. The molecule has 1 aromatic carbocycles. The van der Waals surface area contributed by atoms with Crippen molar-refractivity contribution in [3.05, 3.63) is 29.8 Å². The molecule has 2 aliphatic rings. The number of amides is 1.